The molecule has 1 aromatic rings. The summed E-state index contributed by atoms with van der Waals surface area (Å²) in [6, 6.07) is 9.85. The van der Waals surface area contributed by atoms with Gasteiger partial charge in [0.25, 0.3) is 0 Å². The van der Waals surface area contributed by atoms with Crippen LogP contribution in [0.1, 0.15) is 43.7 Å². The van der Waals surface area contributed by atoms with Crippen LogP contribution in [-0.2, 0) is 4.79 Å². The Labute approximate surface area is 114 Å². The number of rotatable bonds is 5. The lowest BCUT2D eigenvalue weighted by molar-refractivity contribution is -0.137. The highest BCUT2D eigenvalue weighted by Gasteiger charge is 2.54. The molecule has 3 nitrogen and oxygen atoms in total. The molecule has 2 fully saturated rings. The predicted molar refractivity (Wildman–Crippen MR) is 75.4 cm³/mol. The van der Waals surface area contributed by atoms with Crippen LogP contribution in [0.3, 0.4) is 0 Å². The number of nitrogens with two attached hydrogens (primary N) is 1. The third-order valence-corrected chi connectivity index (χ3v) is 4.77. The second kappa shape index (κ2) is 4.97. The van der Waals surface area contributed by atoms with E-state index in [2.05, 4.69) is 5.32 Å². The highest BCUT2D eigenvalue weighted by atomic mass is 16.2. The number of carbonyl (C=O) groups excluding carboxylic acids is 1. The second-order valence-electron chi connectivity index (χ2n) is 6.01. The lowest BCUT2D eigenvalue weighted by Gasteiger charge is -2.41. The Kier molecular flexibility index (Phi) is 3.31. The van der Waals surface area contributed by atoms with Crippen molar-refractivity contribution in [3.05, 3.63) is 35.9 Å². The first-order valence-corrected chi connectivity index (χ1v) is 7.31. The molecule has 0 saturated heterocycles. The zero-order valence-electron chi connectivity index (χ0n) is 11.3. The van der Waals surface area contributed by atoms with Crippen LogP contribution in [0.5, 0.6) is 0 Å². The fourth-order valence-electron chi connectivity index (χ4n) is 3.21. The molecule has 2 aliphatic rings. The Bertz CT molecular complexity index is 449. The topological polar surface area (TPSA) is 55.1 Å². The first kappa shape index (κ1) is 12.7. The van der Waals surface area contributed by atoms with Gasteiger partial charge >= 0.3 is 0 Å². The molecular formula is C16H22N2O. The Hall–Kier alpha value is -1.35. The molecule has 1 amide bonds. The van der Waals surface area contributed by atoms with Gasteiger partial charge in [-0.15, -0.1) is 0 Å². The lowest BCUT2D eigenvalue weighted by Crippen LogP contribution is -2.48. The molecule has 0 radical (unpaired) electrons. The first-order chi connectivity index (χ1) is 9.22. The maximum absolute atomic E-state index is 12.4. The fourth-order valence-corrected chi connectivity index (χ4v) is 3.21. The van der Waals surface area contributed by atoms with Crippen molar-refractivity contribution in [3.63, 3.8) is 0 Å². The van der Waals surface area contributed by atoms with E-state index in [1.165, 1.54) is 19.3 Å². The molecule has 0 heterocycles. The van der Waals surface area contributed by atoms with Crippen molar-refractivity contribution in [1.82, 2.24) is 5.32 Å². The van der Waals surface area contributed by atoms with Crippen molar-refractivity contribution in [2.24, 2.45) is 17.1 Å². The van der Waals surface area contributed by atoms with Gasteiger partial charge in [-0.05, 0) is 37.2 Å². The fraction of sp³-hybridized carbons (Fsp3) is 0.562. The van der Waals surface area contributed by atoms with Crippen LogP contribution in [0.15, 0.2) is 30.3 Å². The van der Waals surface area contributed by atoms with Crippen LogP contribution >= 0.6 is 0 Å². The number of hydrogen-bond donors (Lipinski definition) is 2. The summed E-state index contributed by atoms with van der Waals surface area (Å²) in [5.74, 6) is 0.891. The van der Waals surface area contributed by atoms with E-state index in [0.717, 1.165) is 18.4 Å². The van der Waals surface area contributed by atoms with Crippen LogP contribution in [0, 0.1) is 11.3 Å². The number of amides is 1. The van der Waals surface area contributed by atoms with E-state index in [-0.39, 0.29) is 17.4 Å². The smallest absolute Gasteiger partial charge is 0.226 e. The maximum atomic E-state index is 12.4. The predicted octanol–water partition coefficient (Wildman–Crippen LogP) is 2.38. The van der Waals surface area contributed by atoms with E-state index in [9.17, 15) is 4.79 Å². The molecule has 19 heavy (non-hydrogen) atoms. The molecule has 102 valence electrons. The highest BCUT2D eigenvalue weighted by Crippen LogP contribution is 2.57. The van der Waals surface area contributed by atoms with E-state index in [1.807, 2.05) is 30.3 Å². The molecule has 0 bridgehead atoms. The van der Waals surface area contributed by atoms with E-state index in [1.54, 1.807) is 0 Å². The Morgan fingerprint density at radius 2 is 2.00 bits per heavy atom. The lowest BCUT2D eigenvalue weighted by atomic mass is 9.64. The number of carbonyl (C=O) groups is 1. The second-order valence-corrected chi connectivity index (χ2v) is 6.01. The molecule has 2 saturated carbocycles. The Morgan fingerprint density at radius 3 is 2.53 bits per heavy atom. The van der Waals surface area contributed by atoms with Gasteiger partial charge < -0.3 is 11.1 Å². The Balaban J connectivity index is 1.56. The summed E-state index contributed by atoms with van der Waals surface area (Å²) in [4.78, 5) is 12.4. The summed E-state index contributed by atoms with van der Waals surface area (Å²) in [5, 5.41) is 3.08. The van der Waals surface area contributed by atoms with E-state index >= 15 is 0 Å². The van der Waals surface area contributed by atoms with Gasteiger partial charge in [0.05, 0.1) is 5.41 Å². The van der Waals surface area contributed by atoms with Gasteiger partial charge in [0, 0.05) is 12.6 Å². The monoisotopic (exact) mass is 258 g/mol. The number of nitrogens with one attached hydrogen (secondary N) is 1. The minimum absolute atomic E-state index is 0.0313. The van der Waals surface area contributed by atoms with E-state index < -0.39 is 0 Å². The largest absolute Gasteiger partial charge is 0.354 e. The highest BCUT2D eigenvalue weighted by molar-refractivity contribution is 5.84. The zero-order valence-corrected chi connectivity index (χ0v) is 11.3. The summed E-state index contributed by atoms with van der Waals surface area (Å²) >= 11 is 0. The quantitative estimate of drug-likeness (QED) is 0.852. The summed E-state index contributed by atoms with van der Waals surface area (Å²) in [6.07, 6.45) is 5.82. The van der Waals surface area contributed by atoms with Crippen molar-refractivity contribution in [1.29, 1.82) is 0 Å². The van der Waals surface area contributed by atoms with Gasteiger partial charge in [0.2, 0.25) is 5.91 Å². The number of hydrogen-bond acceptors (Lipinski definition) is 2. The third kappa shape index (κ3) is 2.39. The van der Waals surface area contributed by atoms with Gasteiger partial charge in [-0.1, -0.05) is 36.8 Å². The van der Waals surface area contributed by atoms with Crippen molar-refractivity contribution >= 4 is 5.91 Å². The molecule has 1 unspecified atom stereocenters. The van der Waals surface area contributed by atoms with Crippen LogP contribution in [0.2, 0.25) is 0 Å². The Morgan fingerprint density at radius 1 is 1.32 bits per heavy atom. The van der Waals surface area contributed by atoms with Gasteiger partial charge in [0.15, 0.2) is 0 Å². The molecule has 1 atom stereocenters. The average Bonchev–Trinajstić information content (AvgIpc) is 3.20. The minimum atomic E-state index is -0.110. The first-order valence-electron chi connectivity index (χ1n) is 7.31. The van der Waals surface area contributed by atoms with Gasteiger partial charge in [-0.25, -0.2) is 0 Å². The summed E-state index contributed by atoms with van der Waals surface area (Å²) in [5.41, 5.74) is 7.17. The molecule has 3 heteroatoms. The normalized spacial score (nSPS) is 22.4. The van der Waals surface area contributed by atoms with E-state index in [4.69, 9.17) is 5.73 Å². The van der Waals surface area contributed by atoms with Crippen LogP contribution < -0.4 is 11.1 Å². The van der Waals surface area contributed by atoms with Crippen molar-refractivity contribution < 1.29 is 4.79 Å². The van der Waals surface area contributed by atoms with Gasteiger partial charge in [-0.2, -0.15) is 0 Å². The van der Waals surface area contributed by atoms with Gasteiger partial charge in [0.1, 0.15) is 0 Å². The van der Waals surface area contributed by atoms with Crippen molar-refractivity contribution in [3.8, 4) is 0 Å². The number of benzene rings is 1. The molecule has 1 aromatic carbocycles. The maximum Gasteiger partial charge on any atom is 0.226 e. The SMILES string of the molecule is NC(CNC(=O)C1(C2CC2)CCC1)c1ccccc1. The van der Waals surface area contributed by atoms with Gasteiger partial charge in [-0.3, -0.25) is 4.79 Å². The molecule has 3 rings (SSSR count). The third-order valence-electron chi connectivity index (χ3n) is 4.77. The van der Waals surface area contributed by atoms with Crippen LogP contribution in [0.25, 0.3) is 0 Å². The molecule has 2 aliphatic carbocycles. The van der Waals surface area contributed by atoms with Crippen LogP contribution in [0.4, 0.5) is 0 Å². The molecule has 0 aromatic heterocycles. The van der Waals surface area contributed by atoms with Crippen molar-refractivity contribution in [2.75, 3.05) is 6.54 Å². The molecule has 0 aliphatic heterocycles. The average molecular weight is 258 g/mol. The molecule has 3 N–H and O–H groups in total. The summed E-state index contributed by atoms with van der Waals surface area (Å²) in [7, 11) is 0. The molecule has 0 spiro atoms. The minimum Gasteiger partial charge on any atom is -0.354 e. The summed E-state index contributed by atoms with van der Waals surface area (Å²) in [6.45, 7) is 0.539. The summed E-state index contributed by atoms with van der Waals surface area (Å²) < 4.78 is 0. The van der Waals surface area contributed by atoms with Crippen LogP contribution in [-0.4, -0.2) is 12.5 Å². The molecular weight excluding hydrogens is 236 g/mol. The zero-order chi connectivity index (χ0) is 13.3. The standard InChI is InChI=1S/C16H22N2O/c17-14(12-5-2-1-3-6-12)11-18-15(19)16(9-4-10-16)13-7-8-13/h1-3,5-6,13-14H,4,7-11,17H2,(H,18,19). The van der Waals surface area contributed by atoms with E-state index in [0.29, 0.717) is 12.5 Å². The van der Waals surface area contributed by atoms with Crippen molar-refractivity contribution in [2.45, 2.75) is 38.1 Å².